The summed E-state index contributed by atoms with van der Waals surface area (Å²) in [6.45, 7) is 2.28. The van der Waals surface area contributed by atoms with E-state index in [1.54, 1.807) is 0 Å². The number of anilines is 1. The van der Waals surface area contributed by atoms with Gasteiger partial charge in [-0.2, -0.15) is 0 Å². The zero-order chi connectivity index (χ0) is 17.2. The van der Waals surface area contributed by atoms with Gasteiger partial charge in [-0.3, -0.25) is 4.79 Å². The number of carbonyl (C=O) groups is 1. The third-order valence-corrected chi connectivity index (χ3v) is 5.33. The number of amides is 1. The molecule has 0 radical (unpaired) electrons. The molecule has 0 aliphatic carbocycles. The zero-order valence-corrected chi connectivity index (χ0v) is 14.3. The second-order valence-electron chi connectivity index (χ2n) is 6.11. The van der Waals surface area contributed by atoms with Crippen molar-refractivity contribution in [2.75, 3.05) is 11.9 Å². The summed E-state index contributed by atoms with van der Waals surface area (Å²) in [5.74, 6) is -0.0156. The molecule has 0 bridgehead atoms. The maximum atomic E-state index is 12.2. The first-order chi connectivity index (χ1) is 11.4. The smallest absolute Gasteiger partial charge is 0.228 e. The van der Waals surface area contributed by atoms with Crippen LogP contribution in [0.2, 0.25) is 0 Å². The topological polar surface area (TPSA) is 75.3 Å². The van der Waals surface area contributed by atoms with E-state index in [9.17, 15) is 13.2 Å². The van der Waals surface area contributed by atoms with Crippen molar-refractivity contribution < 1.29 is 13.2 Å². The lowest BCUT2D eigenvalue weighted by Gasteiger charge is -2.08. The highest BCUT2D eigenvalue weighted by atomic mass is 32.2. The van der Waals surface area contributed by atoms with Crippen LogP contribution in [0.5, 0.6) is 0 Å². The van der Waals surface area contributed by atoms with Gasteiger partial charge in [0.05, 0.1) is 12.2 Å². The maximum Gasteiger partial charge on any atom is 0.228 e. The summed E-state index contributed by atoms with van der Waals surface area (Å²) in [7, 11) is -3.36. The van der Waals surface area contributed by atoms with Crippen molar-refractivity contribution in [3.05, 3.63) is 64.7 Å². The van der Waals surface area contributed by atoms with Crippen LogP contribution in [-0.2, 0) is 33.4 Å². The number of rotatable bonds is 6. The molecule has 0 aromatic heterocycles. The average Bonchev–Trinajstić information content (AvgIpc) is 2.86. The molecule has 6 heteroatoms. The highest BCUT2D eigenvalue weighted by Gasteiger charge is 2.17. The van der Waals surface area contributed by atoms with Gasteiger partial charge >= 0.3 is 0 Å². The van der Waals surface area contributed by atoms with E-state index >= 15 is 0 Å². The molecule has 5 nitrogen and oxygen atoms in total. The Morgan fingerprint density at radius 3 is 2.75 bits per heavy atom. The molecule has 24 heavy (non-hydrogen) atoms. The molecule has 0 spiro atoms. The van der Waals surface area contributed by atoms with Crippen LogP contribution in [0.15, 0.2) is 42.5 Å². The van der Waals surface area contributed by atoms with Crippen LogP contribution in [0.4, 0.5) is 5.69 Å². The Morgan fingerprint density at radius 2 is 1.96 bits per heavy atom. The first kappa shape index (κ1) is 16.7. The molecule has 0 fully saturated rings. The fourth-order valence-electron chi connectivity index (χ4n) is 2.86. The Balaban J connectivity index is 1.56. The normalized spacial score (nSPS) is 13.6. The Labute approximate surface area is 142 Å². The van der Waals surface area contributed by atoms with Crippen LogP contribution in [0.1, 0.15) is 22.3 Å². The zero-order valence-electron chi connectivity index (χ0n) is 13.5. The average molecular weight is 344 g/mol. The van der Waals surface area contributed by atoms with Crippen molar-refractivity contribution in [3.63, 3.8) is 0 Å². The van der Waals surface area contributed by atoms with Crippen LogP contribution < -0.4 is 10.0 Å². The lowest BCUT2D eigenvalue weighted by molar-refractivity contribution is -0.115. The SMILES string of the molecule is Cc1cccc(CS(=O)(=O)NCCc2ccc3c(c2)CC(=O)N3)c1. The van der Waals surface area contributed by atoms with Gasteiger partial charge in [-0.25, -0.2) is 13.1 Å². The van der Waals surface area contributed by atoms with E-state index in [1.807, 2.05) is 49.4 Å². The van der Waals surface area contributed by atoms with Crippen LogP contribution in [0, 0.1) is 6.92 Å². The maximum absolute atomic E-state index is 12.2. The van der Waals surface area contributed by atoms with Crippen molar-refractivity contribution in [2.24, 2.45) is 0 Å². The summed E-state index contributed by atoms with van der Waals surface area (Å²) in [5.41, 5.74) is 4.67. The highest BCUT2D eigenvalue weighted by Crippen LogP contribution is 2.23. The molecule has 1 amide bonds. The van der Waals surface area contributed by atoms with Gasteiger partial charge < -0.3 is 5.32 Å². The molecule has 126 valence electrons. The minimum Gasteiger partial charge on any atom is -0.326 e. The summed E-state index contributed by atoms with van der Waals surface area (Å²) in [6, 6.07) is 13.2. The summed E-state index contributed by atoms with van der Waals surface area (Å²) in [6.07, 6.45) is 0.983. The molecule has 1 aliphatic heterocycles. The predicted octanol–water partition coefficient (Wildman–Crippen LogP) is 2.15. The standard InChI is InChI=1S/C18H20N2O3S/c1-13-3-2-4-15(9-13)12-24(22,23)19-8-7-14-5-6-17-16(10-14)11-18(21)20-17/h2-6,9-10,19H,7-8,11-12H2,1H3,(H,20,21). The van der Waals surface area contributed by atoms with Crippen molar-refractivity contribution in [1.29, 1.82) is 0 Å². The lowest BCUT2D eigenvalue weighted by atomic mass is 10.1. The molecule has 0 saturated carbocycles. The molecule has 0 unspecified atom stereocenters. The Morgan fingerprint density at radius 1 is 1.12 bits per heavy atom. The fourth-order valence-corrected chi connectivity index (χ4v) is 3.99. The number of fused-ring (bicyclic) bond motifs is 1. The van der Waals surface area contributed by atoms with E-state index in [0.717, 1.165) is 27.9 Å². The third kappa shape index (κ3) is 4.21. The Hall–Kier alpha value is -2.18. The molecule has 1 aliphatic rings. The molecular weight excluding hydrogens is 324 g/mol. The van der Waals surface area contributed by atoms with Crippen molar-refractivity contribution in [3.8, 4) is 0 Å². The van der Waals surface area contributed by atoms with E-state index in [-0.39, 0.29) is 11.7 Å². The van der Waals surface area contributed by atoms with Gasteiger partial charge in [-0.1, -0.05) is 42.0 Å². The molecule has 2 aromatic rings. The number of carbonyl (C=O) groups excluding carboxylic acids is 1. The highest BCUT2D eigenvalue weighted by molar-refractivity contribution is 7.88. The van der Waals surface area contributed by atoms with Gasteiger partial charge in [0.25, 0.3) is 0 Å². The van der Waals surface area contributed by atoms with E-state index < -0.39 is 10.0 Å². The molecular formula is C18H20N2O3S. The third-order valence-electron chi connectivity index (χ3n) is 3.97. The second kappa shape index (κ2) is 6.75. The van der Waals surface area contributed by atoms with Crippen molar-refractivity contribution in [1.82, 2.24) is 4.72 Å². The number of aryl methyl sites for hydroxylation is 1. The van der Waals surface area contributed by atoms with Crippen molar-refractivity contribution >= 4 is 21.6 Å². The number of nitrogens with one attached hydrogen (secondary N) is 2. The number of benzene rings is 2. The molecule has 1 heterocycles. The minimum atomic E-state index is -3.36. The van der Waals surface area contributed by atoms with Crippen LogP contribution in [-0.4, -0.2) is 20.9 Å². The minimum absolute atomic E-state index is 0.000933. The van der Waals surface area contributed by atoms with E-state index in [1.165, 1.54) is 0 Å². The van der Waals surface area contributed by atoms with Gasteiger partial charge in [0.1, 0.15) is 0 Å². The largest absolute Gasteiger partial charge is 0.326 e. The summed E-state index contributed by atoms with van der Waals surface area (Å²) in [4.78, 5) is 11.4. The van der Waals surface area contributed by atoms with Crippen LogP contribution in [0.25, 0.3) is 0 Å². The summed E-state index contributed by atoms with van der Waals surface area (Å²) in [5, 5.41) is 2.79. The molecule has 3 rings (SSSR count). The van der Waals surface area contributed by atoms with Crippen LogP contribution in [0.3, 0.4) is 0 Å². The van der Waals surface area contributed by atoms with Gasteiger partial charge in [0, 0.05) is 12.2 Å². The second-order valence-corrected chi connectivity index (χ2v) is 7.92. The Kier molecular flexibility index (Phi) is 4.69. The van der Waals surface area contributed by atoms with E-state index in [4.69, 9.17) is 0 Å². The Bertz CT molecular complexity index is 876. The lowest BCUT2D eigenvalue weighted by Crippen LogP contribution is -2.27. The molecule has 2 N–H and O–H groups in total. The van der Waals surface area contributed by atoms with Crippen molar-refractivity contribution in [2.45, 2.75) is 25.5 Å². The van der Waals surface area contributed by atoms with Gasteiger partial charge in [-0.15, -0.1) is 0 Å². The van der Waals surface area contributed by atoms with Crippen LogP contribution >= 0.6 is 0 Å². The van der Waals surface area contributed by atoms with Gasteiger partial charge in [0.2, 0.25) is 15.9 Å². The molecule has 0 atom stereocenters. The number of hydrogen-bond acceptors (Lipinski definition) is 3. The summed E-state index contributed by atoms with van der Waals surface area (Å²) < 4.78 is 27.0. The quantitative estimate of drug-likeness (QED) is 0.843. The molecule has 2 aromatic carbocycles. The van der Waals surface area contributed by atoms with Gasteiger partial charge in [-0.05, 0) is 36.1 Å². The predicted molar refractivity (Wildman–Crippen MR) is 94.3 cm³/mol. The fraction of sp³-hybridized carbons (Fsp3) is 0.278. The molecule has 0 saturated heterocycles. The van der Waals surface area contributed by atoms with E-state index in [2.05, 4.69) is 10.0 Å². The first-order valence-electron chi connectivity index (χ1n) is 7.86. The number of hydrogen-bond donors (Lipinski definition) is 2. The number of sulfonamides is 1. The monoisotopic (exact) mass is 344 g/mol. The van der Waals surface area contributed by atoms with E-state index in [0.29, 0.717) is 19.4 Å². The van der Waals surface area contributed by atoms with Gasteiger partial charge in [0.15, 0.2) is 0 Å². The summed E-state index contributed by atoms with van der Waals surface area (Å²) >= 11 is 0. The first-order valence-corrected chi connectivity index (χ1v) is 9.51.